The SMILES string of the molecule is Cc1ccc(C)c(OCC(=O)N2CCC(NC(=O)C(C)C)CC2)c1C. The second kappa shape index (κ2) is 8.37. The van der Waals surface area contributed by atoms with Crippen molar-refractivity contribution in [2.45, 2.75) is 53.5 Å². The van der Waals surface area contributed by atoms with Crippen molar-refractivity contribution in [1.29, 1.82) is 0 Å². The molecule has 1 aromatic rings. The van der Waals surface area contributed by atoms with Crippen LogP contribution in [0.1, 0.15) is 43.4 Å². The lowest BCUT2D eigenvalue weighted by Gasteiger charge is -2.32. The van der Waals surface area contributed by atoms with E-state index in [1.54, 1.807) is 0 Å². The maximum atomic E-state index is 12.4. The number of amides is 2. The van der Waals surface area contributed by atoms with Crippen LogP contribution in [0, 0.1) is 26.7 Å². The highest BCUT2D eigenvalue weighted by atomic mass is 16.5. The van der Waals surface area contributed by atoms with Gasteiger partial charge in [0.15, 0.2) is 6.61 Å². The van der Waals surface area contributed by atoms with Gasteiger partial charge in [-0.25, -0.2) is 0 Å². The second-order valence-corrected chi connectivity index (χ2v) is 7.26. The van der Waals surface area contributed by atoms with Crippen molar-refractivity contribution in [3.63, 3.8) is 0 Å². The van der Waals surface area contributed by atoms with Crippen LogP contribution in [-0.2, 0) is 9.59 Å². The van der Waals surface area contributed by atoms with Gasteiger partial charge in [0.2, 0.25) is 5.91 Å². The van der Waals surface area contributed by atoms with Gasteiger partial charge in [-0.15, -0.1) is 0 Å². The molecule has 2 rings (SSSR count). The molecule has 1 aliphatic heterocycles. The smallest absolute Gasteiger partial charge is 0.260 e. The van der Waals surface area contributed by atoms with Gasteiger partial charge in [-0.3, -0.25) is 9.59 Å². The zero-order valence-electron chi connectivity index (χ0n) is 16.0. The lowest BCUT2D eigenvalue weighted by atomic mass is 10.0. The summed E-state index contributed by atoms with van der Waals surface area (Å²) in [5.74, 6) is 0.897. The Morgan fingerprint density at radius 3 is 2.36 bits per heavy atom. The van der Waals surface area contributed by atoms with Gasteiger partial charge in [-0.2, -0.15) is 0 Å². The van der Waals surface area contributed by atoms with Gasteiger partial charge < -0.3 is 15.0 Å². The monoisotopic (exact) mass is 346 g/mol. The van der Waals surface area contributed by atoms with E-state index in [2.05, 4.69) is 11.4 Å². The van der Waals surface area contributed by atoms with E-state index >= 15 is 0 Å². The number of nitrogens with zero attached hydrogens (tertiary/aromatic N) is 1. The number of rotatable bonds is 5. The molecule has 5 nitrogen and oxygen atoms in total. The minimum Gasteiger partial charge on any atom is -0.483 e. The van der Waals surface area contributed by atoms with Gasteiger partial charge in [0, 0.05) is 25.0 Å². The number of carbonyl (C=O) groups is 2. The summed E-state index contributed by atoms with van der Waals surface area (Å²) < 4.78 is 5.83. The molecule has 0 aliphatic carbocycles. The molecule has 1 N–H and O–H groups in total. The molecule has 1 aromatic carbocycles. The number of carbonyl (C=O) groups excluding carboxylic acids is 2. The number of hydrogen-bond donors (Lipinski definition) is 1. The Morgan fingerprint density at radius 1 is 1.16 bits per heavy atom. The normalized spacial score (nSPS) is 15.4. The lowest BCUT2D eigenvalue weighted by Crippen LogP contribution is -2.48. The Bertz CT molecular complexity index is 632. The molecular weight excluding hydrogens is 316 g/mol. The van der Waals surface area contributed by atoms with Crippen molar-refractivity contribution in [2.24, 2.45) is 5.92 Å². The molecule has 2 amide bonds. The van der Waals surface area contributed by atoms with Crippen LogP contribution in [0.15, 0.2) is 12.1 Å². The average molecular weight is 346 g/mol. The average Bonchev–Trinajstić information content (AvgIpc) is 2.58. The predicted molar refractivity (Wildman–Crippen MR) is 98.7 cm³/mol. The van der Waals surface area contributed by atoms with Crippen molar-refractivity contribution >= 4 is 11.8 Å². The number of benzene rings is 1. The first kappa shape index (κ1) is 19.3. The Labute approximate surface area is 150 Å². The zero-order valence-corrected chi connectivity index (χ0v) is 16.0. The summed E-state index contributed by atoms with van der Waals surface area (Å²) in [5.41, 5.74) is 3.30. The molecule has 0 aromatic heterocycles. The topological polar surface area (TPSA) is 58.6 Å². The minimum absolute atomic E-state index is 0.00568. The van der Waals surface area contributed by atoms with E-state index in [1.807, 2.05) is 45.6 Å². The van der Waals surface area contributed by atoms with Crippen molar-refractivity contribution < 1.29 is 14.3 Å². The first-order valence-corrected chi connectivity index (χ1v) is 9.07. The number of nitrogens with one attached hydrogen (secondary N) is 1. The Kier molecular flexibility index (Phi) is 6.45. The summed E-state index contributed by atoms with van der Waals surface area (Å²) in [4.78, 5) is 26.0. The van der Waals surface area contributed by atoms with Crippen molar-refractivity contribution in [1.82, 2.24) is 10.2 Å². The predicted octanol–water partition coefficient (Wildman–Crippen LogP) is 2.75. The third-order valence-electron chi connectivity index (χ3n) is 4.93. The van der Waals surface area contributed by atoms with E-state index in [1.165, 1.54) is 0 Å². The third-order valence-corrected chi connectivity index (χ3v) is 4.93. The lowest BCUT2D eigenvalue weighted by molar-refractivity contribution is -0.134. The van der Waals surface area contributed by atoms with Crippen LogP contribution in [-0.4, -0.2) is 42.5 Å². The maximum absolute atomic E-state index is 12.4. The van der Waals surface area contributed by atoms with Gasteiger partial charge in [0.05, 0.1) is 0 Å². The molecular formula is C20H30N2O3. The Hall–Kier alpha value is -2.04. The molecule has 0 saturated carbocycles. The zero-order chi connectivity index (χ0) is 18.6. The van der Waals surface area contributed by atoms with Crippen LogP contribution >= 0.6 is 0 Å². The van der Waals surface area contributed by atoms with Gasteiger partial charge >= 0.3 is 0 Å². The maximum Gasteiger partial charge on any atom is 0.260 e. The molecule has 0 spiro atoms. The Balaban J connectivity index is 1.84. The van der Waals surface area contributed by atoms with Crippen molar-refractivity contribution in [2.75, 3.05) is 19.7 Å². The molecule has 25 heavy (non-hydrogen) atoms. The summed E-state index contributed by atoms with van der Waals surface area (Å²) >= 11 is 0. The molecule has 0 bridgehead atoms. The standard InChI is InChI=1S/C20H30N2O3/c1-13(2)20(24)21-17-8-10-22(11-9-17)18(23)12-25-19-15(4)7-6-14(3)16(19)5/h6-7,13,17H,8-12H2,1-5H3,(H,21,24). The van der Waals surface area contributed by atoms with Crippen LogP contribution in [0.5, 0.6) is 5.75 Å². The molecule has 1 fully saturated rings. The van der Waals surface area contributed by atoms with Crippen LogP contribution in [0.2, 0.25) is 0 Å². The van der Waals surface area contributed by atoms with E-state index < -0.39 is 0 Å². The van der Waals surface area contributed by atoms with E-state index in [0.29, 0.717) is 13.1 Å². The molecule has 0 radical (unpaired) electrons. The van der Waals surface area contributed by atoms with Gasteiger partial charge in [0.1, 0.15) is 5.75 Å². The third kappa shape index (κ3) is 4.97. The number of likely N-dealkylation sites (tertiary alicyclic amines) is 1. The van der Waals surface area contributed by atoms with Crippen LogP contribution in [0.25, 0.3) is 0 Å². The number of aryl methyl sites for hydroxylation is 2. The highest BCUT2D eigenvalue weighted by molar-refractivity contribution is 5.79. The summed E-state index contributed by atoms with van der Waals surface area (Å²) in [6.45, 7) is 11.2. The first-order valence-electron chi connectivity index (χ1n) is 9.07. The summed E-state index contributed by atoms with van der Waals surface area (Å²) in [6.07, 6.45) is 1.60. The fraction of sp³-hybridized carbons (Fsp3) is 0.600. The van der Waals surface area contributed by atoms with Crippen molar-refractivity contribution in [3.05, 3.63) is 28.8 Å². The van der Waals surface area contributed by atoms with E-state index in [0.717, 1.165) is 35.3 Å². The molecule has 0 atom stereocenters. The second-order valence-electron chi connectivity index (χ2n) is 7.26. The number of ether oxygens (including phenoxy) is 1. The number of hydrogen-bond acceptors (Lipinski definition) is 3. The fourth-order valence-corrected chi connectivity index (χ4v) is 3.01. The van der Waals surface area contributed by atoms with Gasteiger partial charge in [0.25, 0.3) is 5.91 Å². The first-order chi connectivity index (χ1) is 11.8. The largest absolute Gasteiger partial charge is 0.483 e. The minimum atomic E-state index is -0.00568. The van der Waals surface area contributed by atoms with Crippen LogP contribution in [0.3, 0.4) is 0 Å². The van der Waals surface area contributed by atoms with Gasteiger partial charge in [-0.05, 0) is 50.3 Å². The number of piperidine rings is 1. The van der Waals surface area contributed by atoms with E-state index in [4.69, 9.17) is 4.74 Å². The summed E-state index contributed by atoms with van der Waals surface area (Å²) in [6, 6.07) is 4.25. The quantitative estimate of drug-likeness (QED) is 0.892. The summed E-state index contributed by atoms with van der Waals surface area (Å²) in [7, 11) is 0. The molecule has 1 saturated heterocycles. The Morgan fingerprint density at radius 2 is 1.76 bits per heavy atom. The molecule has 0 unspecified atom stereocenters. The van der Waals surface area contributed by atoms with E-state index in [-0.39, 0.29) is 30.4 Å². The highest BCUT2D eigenvalue weighted by Gasteiger charge is 2.24. The molecule has 5 heteroatoms. The molecule has 138 valence electrons. The molecule has 1 aliphatic rings. The van der Waals surface area contributed by atoms with Crippen LogP contribution < -0.4 is 10.1 Å². The van der Waals surface area contributed by atoms with Crippen LogP contribution in [0.4, 0.5) is 0 Å². The molecule has 1 heterocycles. The highest BCUT2D eigenvalue weighted by Crippen LogP contribution is 2.25. The fourth-order valence-electron chi connectivity index (χ4n) is 3.01. The van der Waals surface area contributed by atoms with Crippen molar-refractivity contribution in [3.8, 4) is 5.75 Å². The summed E-state index contributed by atoms with van der Waals surface area (Å²) in [5, 5.41) is 3.05. The van der Waals surface area contributed by atoms with E-state index in [9.17, 15) is 9.59 Å². The van der Waals surface area contributed by atoms with Gasteiger partial charge in [-0.1, -0.05) is 26.0 Å².